The molecule has 0 saturated carbocycles. The molecule has 4 aromatic rings. The molecule has 1 atom stereocenters. The number of esters is 1. The van der Waals surface area contributed by atoms with Crippen LogP contribution < -0.4 is 9.47 Å². The Morgan fingerprint density at radius 1 is 0.857 bits per heavy atom. The van der Waals surface area contributed by atoms with Gasteiger partial charge in [-0.25, -0.2) is 0 Å². The van der Waals surface area contributed by atoms with E-state index in [4.69, 9.17) is 14.2 Å². The van der Waals surface area contributed by atoms with Gasteiger partial charge in [-0.15, -0.1) is 0 Å². The van der Waals surface area contributed by atoms with Gasteiger partial charge in [0.25, 0.3) is 5.79 Å². The van der Waals surface area contributed by atoms with Gasteiger partial charge in [-0.05, 0) is 55.5 Å². The Hall–Kier alpha value is -4.06. The summed E-state index contributed by atoms with van der Waals surface area (Å²) in [5.74, 6) is 0.370. The minimum Gasteiger partial charge on any atom is -0.466 e. The number of nitrogens with zero attached hydrogens (tertiary/aromatic N) is 1. The van der Waals surface area contributed by atoms with E-state index in [1.807, 2.05) is 55.6 Å². The molecular formula is C36H41NO5. The number of hydrogen-bond acceptors (Lipinski definition) is 5. The largest absolute Gasteiger partial charge is 0.466 e. The number of fused-ring (bicyclic) bond motifs is 2. The van der Waals surface area contributed by atoms with Gasteiger partial charge in [-0.2, -0.15) is 0 Å². The summed E-state index contributed by atoms with van der Waals surface area (Å²) in [6.07, 6.45) is 8.08. The molecule has 220 valence electrons. The molecule has 3 aromatic carbocycles. The number of benzene rings is 3. The number of unbranched alkanes of at least 4 members (excludes halogenated alkanes) is 1. The lowest BCUT2D eigenvalue weighted by Gasteiger charge is -2.28. The number of Topliss-reactive ketones (excluding diaryl/α,β-unsaturated/α-hetero) is 1. The van der Waals surface area contributed by atoms with Crippen molar-refractivity contribution in [2.45, 2.75) is 84.5 Å². The molecule has 0 aliphatic carbocycles. The van der Waals surface area contributed by atoms with Crippen LogP contribution in [0.25, 0.3) is 10.9 Å². The van der Waals surface area contributed by atoms with Crippen molar-refractivity contribution in [2.24, 2.45) is 0 Å². The highest BCUT2D eigenvalue weighted by molar-refractivity contribution is 6.08. The summed E-state index contributed by atoms with van der Waals surface area (Å²) in [6.45, 7) is 7.18. The SMILES string of the molecule is CCCCC1(c2ccc(CCC)cc2)Oc2ccc(CC(=O)c3cn(CCCC(=O)OCC)c4ccccc34)cc2O1. The number of ketones is 1. The van der Waals surface area contributed by atoms with Gasteiger partial charge in [-0.3, -0.25) is 9.59 Å². The van der Waals surface area contributed by atoms with Gasteiger partial charge in [0.1, 0.15) is 0 Å². The molecule has 6 heteroatoms. The van der Waals surface area contributed by atoms with Crippen LogP contribution in [0.1, 0.15) is 86.3 Å². The molecule has 0 N–H and O–H groups in total. The molecular weight excluding hydrogens is 526 g/mol. The Bertz CT molecular complexity index is 1540. The Morgan fingerprint density at radius 2 is 1.62 bits per heavy atom. The van der Waals surface area contributed by atoms with E-state index in [1.165, 1.54) is 5.56 Å². The van der Waals surface area contributed by atoms with E-state index in [-0.39, 0.29) is 18.2 Å². The summed E-state index contributed by atoms with van der Waals surface area (Å²) in [7, 11) is 0. The van der Waals surface area contributed by atoms with E-state index in [2.05, 4.69) is 42.7 Å². The Balaban J connectivity index is 1.33. The zero-order valence-corrected chi connectivity index (χ0v) is 25.0. The quantitative estimate of drug-likeness (QED) is 0.114. The normalized spacial score (nSPS) is 15.7. The van der Waals surface area contributed by atoms with Crippen LogP contribution in [0, 0.1) is 0 Å². The van der Waals surface area contributed by atoms with E-state index >= 15 is 0 Å². The first-order chi connectivity index (χ1) is 20.5. The first-order valence-corrected chi connectivity index (χ1v) is 15.3. The van der Waals surface area contributed by atoms with Crippen LogP contribution in [0.3, 0.4) is 0 Å². The number of carbonyl (C=O) groups is 2. The van der Waals surface area contributed by atoms with Gasteiger partial charge < -0.3 is 18.8 Å². The van der Waals surface area contributed by atoms with E-state index in [0.29, 0.717) is 43.1 Å². The van der Waals surface area contributed by atoms with Crippen LogP contribution in [0.15, 0.2) is 72.9 Å². The number of hydrogen-bond donors (Lipinski definition) is 0. The van der Waals surface area contributed by atoms with Crippen molar-refractivity contribution in [3.63, 3.8) is 0 Å². The van der Waals surface area contributed by atoms with Gasteiger partial charge >= 0.3 is 5.97 Å². The second-order valence-electron chi connectivity index (χ2n) is 11.1. The van der Waals surface area contributed by atoms with Crippen molar-refractivity contribution in [2.75, 3.05) is 6.61 Å². The highest BCUT2D eigenvalue weighted by Crippen LogP contribution is 2.47. The minimum atomic E-state index is -0.858. The lowest BCUT2D eigenvalue weighted by Crippen LogP contribution is -2.35. The molecule has 0 bridgehead atoms. The first kappa shape index (κ1) is 29.4. The van der Waals surface area contributed by atoms with Crippen molar-refractivity contribution in [3.8, 4) is 11.5 Å². The molecule has 0 radical (unpaired) electrons. The maximum absolute atomic E-state index is 13.6. The zero-order chi connectivity index (χ0) is 29.5. The Labute approximate surface area is 248 Å². The maximum Gasteiger partial charge on any atom is 0.305 e. The van der Waals surface area contributed by atoms with Crippen molar-refractivity contribution in [3.05, 3.63) is 95.2 Å². The Morgan fingerprint density at radius 3 is 2.38 bits per heavy atom. The smallest absolute Gasteiger partial charge is 0.305 e. The molecule has 0 amide bonds. The predicted molar refractivity (Wildman–Crippen MR) is 165 cm³/mol. The van der Waals surface area contributed by atoms with Crippen LogP contribution in [0.2, 0.25) is 0 Å². The third-order valence-corrected chi connectivity index (χ3v) is 7.89. The zero-order valence-electron chi connectivity index (χ0n) is 25.0. The number of ether oxygens (including phenoxy) is 3. The highest BCUT2D eigenvalue weighted by atomic mass is 16.7. The fraction of sp³-hybridized carbons (Fsp3) is 0.389. The highest BCUT2D eigenvalue weighted by Gasteiger charge is 2.43. The molecule has 6 nitrogen and oxygen atoms in total. The summed E-state index contributed by atoms with van der Waals surface area (Å²) < 4.78 is 20.2. The molecule has 0 saturated heterocycles. The van der Waals surface area contributed by atoms with Gasteiger partial charge in [-0.1, -0.05) is 75.2 Å². The average molecular weight is 568 g/mol. The third-order valence-electron chi connectivity index (χ3n) is 7.89. The van der Waals surface area contributed by atoms with Gasteiger partial charge in [0.2, 0.25) is 0 Å². The Kier molecular flexibility index (Phi) is 9.31. The number of carbonyl (C=O) groups excluding carboxylic acids is 2. The van der Waals surface area contributed by atoms with Gasteiger partial charge in [0.15, 0.2) is 17.3 Å². The summed E-state index contributed by atoms with van der Waals surface area (Å²) in [5, 5.41) is 0.921. The number of aromatic nitrogens is 1. The van der Waals surface area contributed by atoms with Gasteiger partial charge in [0, 0.05) is 54.0 Å². The molecule has 42 heavy (non-hydrogen) atoms. The molecule has 2 heterocycles. The van der Waals surface area contributed by atoms with Crippen LogP contribution in [0.5, 0.6) is 11.5 Å². The monoisotopic (exact) mass is 567 g/mol. The lowest BCUT2D eigenvalue weighted by atomic mass is 9.97. The number of para-hydroxylation sites is 1. The molecule has 1 aliphatic rings. The predicted octanol–water partition coefficient (Wildman–Crippen LogP) is 8.18. The lowest BCUT2D eigenvalue weighted by molar-refractivity contribution is -0.143. The van der Waals surface area contributed by atoms with Gasteiger partial charge in [0.05, 0.1) is 6.61 Å². The molecule has 5 rings (SSSR count). The van der Waals surface area contributed by atoms with E-state index < -0.39 is 5.79 Å². The third kappa shape index (κ3) is 6.38. The van der Waals surface area contributed by atoms with E-state index in [9.17, 15) is 9.59 Å². The molecule has 1 unspecified atom stereocenters. The maximum atomic E-state index is 13.6. The number of aryl methyl sites for hydroxylation is 2. The summed E-state index contributed by atoms with van der Waals surface area (Å²) in [4.78, 5) is 25.4. The van der Waals surface area contributed by atoms with E-state index in [0.717, 1.165) is 54.1 Å². The summed E-state index contributed by atoms with van der Waals surface area (Å²) >= 11 is 0. The van der Waals surface area contributed by atoms with Crippen LogP contribution in [-0.4, -0.2) is 22.9 Å². The summed E-state index contributed by atoms with van der Waals surface area (Å²) in [6, 6.07) is 22.3. The standard InChI is InChI=1S/C36H41NO5/c1-4-7-21-36(28-18-15-26(11-5-2)16-19-28)41-33-20-17-27(24-34(33)42-36)23-32(38)30-25-37(22-10-14-35(39)40-6-3)31-13-9-8-12-29(30)31/h8-9,12-13,15-20,24-25H,4-7,10-11,14,21-23H2,1-3H3. The molecule has 1 aliphatic heterocycles. The minimum absolute atomic E-state index is 0.0398. The molecule has 0 spiro atoms. The van der Waals surface area contributed by atoms with Crippen molar-refractivity contribution in [1.82, 2.24) is 4.57 Å². The average Bonchev–Trinajstić information content (AvgIpc) is 3.56. The first-order valence-electron chi connectivity index (χ1n) is 15.3. The molecule has 0 fully saturated rings. The van der Waals surface area contributed by atoms with Crippen LogP contribution in [0.4, 0.5) is 0 Å². The second-order valence-corrected chi connectivity index (χ2v) is 11.1. The second kappa shape index (κ2) is 13.3. The summed E-state index contributed by atoms with van der Waals surface area (Å²) in [5.41, 5.74) is 4.87. The van der Waals surface area contributed by atoms with E-state index in [1.54, 1.807) is 0 Å². The van der Waals surface area contributed by atoms with Crippen molar-refractivity contribution in [1.29, 1.82) is 0 Å². The van der Waals surface area contributed by atoms with Crippen LogP contribution in [-0.2, 0) is 34.7 Å². The van der Waals surface area contributed by atoms with Crippen molar-refractivity contribution >= 4 is 22.7 Å². The fourth-order valence-electron chi connectivity index (χ4n) is 5.75. The fourth-order valence-corrected chi connectivity index (χ4v) is 5.75. The number of rotatable bonds is 14. The topological polar surface area (TPSA) is 66.8 Å². The van der Waals surface area contributed by atoms with Crippen molar-refractivity contribution < 1.29 is 23.8 Å². The van der Waals surface area contributed by atoms with Crippen LogP contribution >= 0.6 is 0 Å². The molecule has 1 aromatic heterocycles.